The third-order valence-electron chi connectivity index (χ3n) is 3.17. The second-order valence-electron chi connectivity index (χ2n) is 4.55. The molecule has 20 heavy (non-hydrogen) atoms. The molecule has 100 valence electrons. The second kappa shape index (κ2) is 7.16. The molecule has 2 heteroatoms. The Bertz CT molecular complexity index is 530. The van der Waals surface area contributed by atoms with Crippen LogP contribution in [0.4, 0.5) is 11.4 Å². The van der Waals surface area contributed by atoms with Gasteiger partial charge in [-0.25, -0.2) is 0 Å². The summed E-state index contributed by atoms with van der Waals surface area (Å²) in [6.45, 7) is 3.74. The van der Waals surface area contributed by atoms with Crippen molar-refractivity contribution in [2.75, 3.05) is 4.90 Å². The van der Waals surface area contributed by atoms with Crippen LogP contribution in [0, 0.1) is 11.3 Å². The minimum absolute atomic E-state index is 0.196. The Kier molecular flexibility index (Phi) is 4.97. The number of rotatable bonds is 6. The van der Waals surface area contributed by atoms with E-state index >= 15 is 0 Å². The van der Waals surface area contributed by atoms with E-state index in [1.807, 2.05) is 66.7 Å². The first kappa shape index (κ1) is 13.9. The summed E-state index contributed by atoms with van der Waals surface area (Å²) in [7, 11) is 0. The van der Waals surface area contributed by atoms with E-state index in [4.69, 9.17) is 0 Å². The number of nitrogens with zero attached hydrogens (tertiary/aromatic N) is 2. The molecule has 0 N–H and O–H groups in total. The first-order chi connectivity index (χ1) is 9.86. The van der Waals surface area contributed by atoms with E-state index < -0.39 is 0 Å². The average Bonchev–Trinajstić information content (AvgIpc) is 2.53. The molecule has 2 aromatic rings. The summed E-state index contributed by atoms with van der Waals surface area (Å²) in [6.07, 6.45) is 3.46. The van der Waals surface area contributed by atoms with Crippen molar-refractivity contribution in [1.82, 2.24) is 0 Å². The molecule has 0 amide bonds. The summed E-state index contributed by atoms with van der Waals surface area (Å²) in [6, 6.07) is 22.3. The van der Waals surface area contributed by atoms with Crippen LogP contribution in [0.5, 0.6) is 0 Å². The van der Waals surface area contributed by atoms with Gasteiger partial charge in [-0.3, -0.25) is 0 Å². The highest BCUT2D eigenvalue weighted by Crippen LogP contribution is 2.28. The van der Waals surface area contributed by atoms with Crippen LogP contribution in [0.3, 0.4) is 0 Å². The molecule has 0 saturated carbocycles. The van der Waals surface area contributed by atoms with E-state index in [1.54, 1.807) is 0 Å². The molecular weight excluding hydrogens is 244 g/mol. The lowest BCUT2D eigenvalue weighted by molar-refractivity contribution is 0.720. The van der Waals surface area contributed by atoms with Gasteiger partial charge in [-0.2, -0.15) is 5.26 Å². The van der Waals surface area contributed by atoms with Gasteiger partial charge in [0, 0.05) is 11.4 Å². The number of hydrogen-bond acceptors (Lipinski definition) is 2. The lowest BCUT2D eigenvalue weighted by Gasteiger charge is -2.29. The van der Waals surface area contributed by atoms with Gasteiger partial charge in [0.1, 0.15) is 6.04 Å². The fourth-order valence-corrected chi connectivity index (χ4v) is 2.21. The number of allylic oxidation sites excluding steroid dienone is 1. The summed E-state index contributed by atoms with van der Waals surface area (Å²) in [5, 5.41) is 9.52. The van der Waals surface area contributed by atoms with Crippen LogP contribution in [0.1, 0.15) is 12.8 Å². The number of nitriles is 1. The number of benzene rings is 2. The van der Waals surface area contributed by atoms with Crippen LogP contribution >= 0.6 is 0 Å². The Morgan fingerprint density at radius 3 is 1.90 bits per heavy atom. The quantitative estimate of drug-likeness (QED) is 0.706. The molecule has 1 unspecified atom stereocenters. The highest BCUT2D eigenvalue weighted by atomic mass is 15.2. The monoisotopic (exact) mass is 262 g/mol. The molecule has 0 saturated heterocycles. The lowest BCUT2D eigenvalue weighted by Crippen LogP contribution is -2.29. The van der Waals surface area contributed by atoms with Crippen LogP contribution in [0.15, 0.2) is 73.3 Å². The van der Waals surface area contributed by atoms with Crippen molar-refractivity contribution < 1.29 is 0 Å². The van der Waals surface area contributed by atoms with E-state index in [9.17, 15) is 5.26 Å². The molecule has 2 rings (SSSR count). The predicted molar refractivity (Wildman–Crippen MR) is 83.9 cm³/mol. The molecule has 0 bridgehead atoms. The molecule has 0 heterocycles. The molecular formula is C18H18N2. The molecule has 2 nitrogen and oxygen atoms in total. The first-order valence-corrected chi connectivity index (χ1v) is 6.76. The standard InChI is InChI=1S/C18H18N2/c1-2-3-10-18(15-19)20(16-11-6-4-7-12-16)17-13-8-5-9-14-17/h2,4-9,11-14,18H,1,3,10H2. The summed E-state index contributed by atoms with van der Waals surface area (Å²) in [5.74, 6) is 0. The number of anilines is 2. The van der Waals surface area contributed by atoms with Crippen molar-refractivity contribution in [2.45, 2.75) is 18.9 Å². The van der Waals surface area contributed by atoms with Gasteiger partial charge in [-0.15, -0.1) is 6.58 Å². The number of para-hydroxylation sites is 2. The van der Waals surface area contributed by atoms with Crippen molar-refractivity contribution in [3.8, 4) is 6.07 Å². The third-order valence-corrected chi connectivity index (χ3v) is 3.17. The highest BCUT2D eigenvalue weighted by Gasteiger charge is 2.19. The van der Waals surface area contributed by atoms with Crippen LogP contribution < -0.4 is 4.90 Å². The molecule has 0 aromatic heterocycles. The zero-order valence-corrected chi connectivity index (χ0v) is 11.4. The Morgan fingerprint density at radius 1 is 1.00 bits per heavy atom. The van der Waals surface area contributed by atoms with Gasteiger partial charge in [-0.05, 0) is 37.1 Å². The maximum absolute atomic E-state index is 9.52. The molecule has 2 aromatic carbocycles. The van der Waals surface area contributed by atoms with Crippen molar-refractivity contribution in [1.29, 1.82) is 5.26 Å². The molecule has 1 atom stereocenters. The normalized spacial score (nSPS) is 11.3. The van der Waals surface area contributed by atoms with Gasteiger partial charge in [0.25, 0.3) is 0 Å². The minimum Gasteiger partial charge on any atom is -0.325 e. The molecule has 0 radical (unpaired) electrons. The highest BCUT2D eigenvalue weighted by molar-refractivity contribution is 5.65. The topological polar surface area (TPSA) is 27.0 Å². The van der Waals surface area contributed by atoms with E-state index in [0.717, 1.165) is 24.2 Å². The summed E-state index contributed by atoms with van der Waals surface area (Å²) in [5.41, 5.74) is 2.07. The minimum atomic E-state index is -0.196. The Hall–Kier alpha value is -2.53. The zero-order valence-electron chi connectivity index (χ0n) is 11.4. The van der Waals surface area contributed by atoms with Crippen LogP contribution in [-0.2, 0) is 0 Å². The van der Waals surface area contributed by atoms with Gasteiger partial charge >= 0.3 is 0 Å². The SMILES string of the molecule is C=CCCC(C#N)N(c1ccccc1)c1ccccc1. The smallest absolute Gasteiger partial charge is 0.121 e. The maximum atomic E-state index is 9.52. The fourth-order valence-electron chi connectivity index (χ4n) is 2.21. The van der Waals surface area contributed by atoms with Gasteiger partial charge in [0.2, 0.25) is 0 Å². The first-order valence-electron chi connectivity index (χ1n) is 6.76. The van der Waals surface area contributed by atoms with Gasteiger partial charge in [-0.1, -0.05) is 42.5 Å². The van der Waals surface area contributed by atoms with Crippen molar-refractivity contribution in [3.05, 3.63) is 73.3 Å². The van der Waals surface area contributed by atoms with Crippen LogP contribution in [-0.4, -0.2) is 6.04 Å². The zero-order chi connectivity index (χ0) is 14.2. The molecule has 0 aliphatic heterocycles. The third kappa shape index (κ3) is 3.27. The summed E-state index contributed by atoms with van der Waals surface area (Å²) < 4.78 is 0. The maximum Gasteiger partial charge on any atom is 0.121 e. The van der Waals surface area contributed by atoms with Crippen LogP contribution in [0.25, 0.3) is 0 Å². The Labute approximate surface area is 120 Å². The lowest BCUT2D eigenvalue weighted by atomic mass is 10.1. The fraction of sp³-hybridized carbons (Fsp3) is 0.167. The van der Waals surface area contributed by atoms with Gasteiger partial charge in [0.15, 0.2) is 0 Å². The van der Waals surface area contributed by atoms with E-state index in [0.29, 0.717) is 0 Å². The van der Waals surface area contributed by atoms with Crippen molar-refractivity contribution in [2.24, 2.45) is 0 Å². The Morgan fingerprint density at radius 2 is 1.50 bits per heavy atom. The molecule has 0 fully saturated rings. The van der Waals surface area contributed by atoms with Gasteiger partial charge < -0.3 is 4.90 Å². The van der Waals surface area contributed by atoms with E-state index in [1.165, 1.54) is 0 Å². The average molecular weight is 262 g/mol. The molecule has 0 aliphatic carbocycles. The summed E-state index contributed by atoms with van der Waals surface area (Å²) in [4.78, 5) is 2.09. The predicted octanol–water partition coefficient (Wildman–Crippen LogP) is 4.68. The Balaban J connectivity index is 2.39. The molecule has 0 aliphatic rings. The summed E-state index contributed by atoms with van der Waals surface area (Å²) >= 11 is 0. The number of hydrogen-bond donors (Lipinski definition) is 0. The van der Waals surface area contributed by atoms with Crippen molar-refractivity contribution >= 4 is 11.4 Å². The molecule has 0 spiro atoms. The van der Waals surface area contributed by atoms with E-state index in [-0.39, 0.29) is 6.04 Å². The van der Waals surface area contributed by atoms with Gasteiger partial charge in [0.05, 0.1) is 6.07 Å². The van der Waals surface area contributed by atoms with Crippen LogP contribution in [0.2, 0.25) is 0 Å². The second-order valence-corrected chi connectivity index (χ2v) is 4.55. The van der Waals surface area contributed by atoms with Crippen molar-refractivity contribution in [3.63, 3.8) is 0 Å². The largest absolute Gasteiger partial charge is 0.325 e. The van der Waals surface area contributed by atoms with E-state index in [2.05, 4.69) is 17.5 Å².